The number of carbonyl (C=O) groups excluding carboxylic acids is 1. The SMILES string of the molecule is Cc1cccc(CC(=O)N2CCC(Oc3cc(C)n(C)c(=O)c3)C2)c1. The zero-order chi connectivity index (χ0) is 18.0. The molecule has 132 valence electrons. The molecule has 1 amide bonds. The predicted molar refractivity (Wildman–Crippen MR) is 96.9 cm³/mol. The van der Waals surface area contributed by atoms with E-state index in [1.165, 1.54) is 6.07 Å². The third-order valence-corrected chi connectivity index (χ3v) is 4.71. The fourth-order valence-corrected chi connectivity index (χ4v) is 3.16. The van der Waals surface area contributed by atoms with E-state index in [4.69, 9.17) is 4.74 Å². The van der Waals surface area contributed by atoms with Gasteiger partial charge in [0.05, 0.1) is 13.0 Å². The summed E-state index contributed by atoms with van der Waals surface area (Å²) in [5.74, 6) is 0.704. The van der Waals surface area contributed by atoms with Gasteiger partial charge in [-0.15, -0.1) is 0 Å². The number of nitrogens with zero attached hydrogens (tertiary/aromatic N) is 2. The second-order valence-corrected chi connectivity index (χ2v) is 6.76. The zero-order valence-electron chi connectivity index (χ0n) is 15.0. The molecule has 1 atom stereocenters. The highest BCUT2D eigenvalue weighted by Gasteiger charge is 2.27. The van der Waals surface area contributed by atoms with E-state index in [0.29, 0.717) is 25.3 Å². The van der Waals surface area contributed by atoms with Crippen LogP contribution in [-0.2, 0) is 18.3 Å². The number of hydrogen-bond donors (Lipinski definition) is 0. The van der Waals surface area contributed by atoms with Crippen molar-refractivity contribution >= 4 is 5.91 Å². The van der Waals surface area contributed by atoms with Gasteiger partial charge in [-0.2, -0.15) is 0 Å². The van der Waals surface area contributed by atoms with Crippen molar-refractivity contribution in [3.05, 3.63) is 63.6 Å². The van der Waals surface area contributed by atoms with E-state index < -0.39 is 0 Å². The number of rotatable bonds is 4. The summed E-state index contributed by atoms with van der Waals surface area (Å²) in [5, 5.41) is 0. The Hall–Kier alpha value is -2.56. The number of likely N-dealkylation sites (tertiary alicyclic amines) is 1. The highest BCUT2D eigenvalue weighted by Crippen LogP contribution is 2.19. The number of benzene rings is 1. The Bertz CT molecular complexity index is 841. The molecule has 2 aromatic rings. The van der Waals surface area contributed by atoms with Crippen LogP contribution in [0.3, 0.4) is 0 Å². The molecule has 2 heterocycles. The Morgan fingerprint density at radius 2 is 2.04 bits per heavy atom. The van der Waals surface area contributed by atoms with Crippen molar-refractivity contribution in [3.63, 3.8) is 0 Å². The van der Waals surface area contributed by atoms with Crippen LogP contribution >= 0.6 is 0 Å². The fraction of sp³-hybridized carbons (Fsp3) is 0.400. The second kappa shape index (κ2) is 7.13. The van der Waals surface area contributed by atoms with E-state index in [2.05, 4.69) is 0 Å². The summed E-state index contributed by atoms with van der Waals surface area (Å²) in [6.45, 7) is 5.17. The van der Waals surface area contributed by atoms with Crippen LogP contribution in [-0.4, -0.2) is 34.6 Å². The zero-order valence-corrected chi connectivity index (χ0v) is 15.0. The van der Waals surface area contributed by atoms with Gasteiger partial charge in [-0.1, -0.05) is 29.8 Å². The Kier molecular flexibility index (Phi) is 4.93. The summed E-state index contributed by atoms with van der Waals surface area (Å²) in [6, 6.07) is 11.4. The summed E-state index contributed by atoms with van der Waals surface area (Å²) in [6.07, 6.45) is 1.14. The van der Waals surface area contributed by atoms with Crippen LogP contribution < -0.4 is 10.3 Å². The smallest absolute Gasteiger partial charge is 0.254 e. The molecule has 5 heteroatoms. The summed E-state index contributed by atoms with van der Waals surface area (Å²) >= 11 is 0. The van der Waals surface area contributed by atoms with Crippen LogP contribution in [0, 0.1) is 13.8 Å². The van der Waals surface area contributed by atoms with Crippen LogP contribution in [0.5, 0.6) is 5.75 Å². The predicted octanol–water partition coefficient (Wildman–Crippen LogP) is 2.22. The molecule has 0 saturated carbocycles. The lowest BCUT2D eigenvalue weighted by Gasteiger charge is -2.18. The van der Waals surface area contributed by atoms with Gasteiger partial charge in [0, 0.05) is 31.8 Å². The van der Waals surface area contributed by atoms with Gasteiger partial charge in [0.1, 0.15) is 11.9 Å². The molecule has 1 aromatic heterocycles. The summed E-state index contributed by atoms with van der Waals surface area (Å²) in [5.41, 5.74) is 2.97. The molecule has 25 heavy (non-hydrogen) atoms. The molecule has 1 fully saturated rings. The van der Waals surface area contributed by atoms with Crippen LogP contribution in [0.4, 0.5) is 0 Å². The largest absolute Gasteiger partial charge is 0.488 e. The lowest BCUT2D eigenvalue weighted by molar-refractivity contribution is -0.129. The quantitative estimate of drug-likeness (QED) is 0.858. The summed E-state index contributed by atoms with van der Waals surface area (Å²) < 4.78 is 7.52. The van der Waals surface area contributed by atoms with Gasteiger partial charge in [0.15, 0.2) is 0 Å². The van der Waals surface area contributed by atoms with Crippen LogP contribution in [0.2, 0.25) is 0 Å². The molecule has 1 aromatic carbocycles. The molecule has 1 aliphatic rings. The van der Waals surface area contributed by atoms with Crippen LogP contribution in [0.15, 0.2) is 41.2 Å². The van der Waals surface area contributed by atoms with Crippen molar-refractivity contribution in [1.29, 1.82) is 0 Å². The molecule has 1 saturated heterocycles. The number of ether oxygens (including phenoxy) is 1. The molecule has 1 unspecified atom stereocenters. The average molecular weight is 340 g/mol. The van der Waals surface area contributed by atoms with Crippen LogP contribution in [0.1, 0.15) is 23.2 Å². The van der Waals surface area contributed by atoms with Gasteiger partial charge < -0.3 is 14.2 Å². The molecule has 5 nitrogen and oxygen atoms in total. The molecule has 0 N–H and O–H groups in total. The monoisotopic (exact) mass is 340 g/mol. The maximum atomic E-state index is 12.5. The maximum Gasteiger partial charge on any atom is 0.254 e. The first-order valence-corrected chi connectivity index (χ1v) is 8.60. The highest BCUT2D eigenvalue weighted by molar-refractivity contribution is 5.79. The normalized spacial score (nSPS) is 16.9. The van der Waals surface area contributed by atoms with E-state index >= 15 is 0 Å². The van der Waals surface area contributed by atoms with Crippen LogP contribution in [0.25, 0.3) is 0 Å². The van der Waals surface area contributed by atoms with Gasteiger partial charge in [-0.25, -0.2) is 0 Å². The van der Waals surface area contributed by atoms with Crippen molar-refractivity contribution in [3.8, 4) is 5.75 Å². The minimum Gasteiger partial charge on any atom is -0.488 e. The average Bonchev–Trinajstić information content (AvgIpc) is 3.01. The Balaban J connectivity index is 1.60. The van der Waals surface area contributed by atoms with Crippen molar-refractivity contribution in [2.24, 2.45) is 7.05 Å². The molecule has 3 rings (SSSR count). The van der Waals surface area contributed by atoms with Gasteiger partial charge >= 0.3 is 0 Å². The van der Waals surface area contributed by atoms with E-state index in [1.54, 1.807) is 11.6 Å². The highest BCUT2D eigenvalue weighted by atomic mass is 16.5. The third-order valence-electron chi connectivity index (χ3n) is 4.71. The first-order valence-electron chi connectivity index (χ1n) is 8.60. The molecule has 0 bridgehead atoms. The third kappa shape index (κ3) is 4.10. The Labute approximate surface area is 147 Å². The van der Waals surface area contributed by atoms with Crippen molar-refractivity contribution in [2.45, 2.75) is 32.8 Å². The van der Waals surface area contributed by atoms with Crippen molar-refractivity contribution in [1.82, 2.24) is 9.47 Å². The maximum absolute atomic E-state index is 12.5. The fourth-order valence-electron chi connectivity index (χ4n) is 3.16. The van der Waals surface area contributed by atoms with Gasteiger partial charge in [0.25, 0.3) is 5.56 Å². The molecule has 0 spiro atoms. The molecule has 0 radical (unpaired) electrons. The minimum absolute atomic E-state index is 0.0621. The van der Waals surface area contributed by atoms with Gasteiger partial charge in [-0.05, 0) is 25.5 Å². The van der Waals surface area contributed by atoms with E-state index in [1.807, 2.05) is 49.1 Å². The van der Waals surface area contributed by atoms with E-state index in [-0.39, 0.29) is 17.6 Å². The Morgan fingerprint density at radius 3 is 2.76 bits per heavy atom. The molecule has 0 aliphatic carbocycles. The van der Waals surface area contributed by atoms with Crippen molar-refractivity contribution < 1.29 is 9.53 Å². The lowest BCUT2D eigenvalue weighted by atomic mass is 10.1. The Morgan fingerprint density at radius 1 is 1.24 bits per heavy atom. The molecule has 1 aliphatic heterocycles. The standard InChI is InChI=1S/C20H24N2O3/c1-14-5-4-6-16(9-14)11-20(24)22-8-7-17(13-22)25-18-10-15(2)21(3)19(23)12-18/h4-6,9-10,12,17H,7-8,11,13H2,1-3H3. The number of amides is 1. The number of carbonyl (C=O) groups is 1. The van der Waals surface area contributed by atoms with Crippen molar-refractivity contribution in [2.75, 3.05) is 13.1 Å². The minimum atomic E-state index is -0.0830. The first-order chi connectivity index (χ1) is 11.9. The number of hydrogen-bond acceptors (Lipinski definition) is 3. The van der Waals surface area contributed by atoms with Gasteiger partial charge in [0.2, 0.25) is 5.91 Å². The molecular formula is C20H24N2O3. The lowest BCUT2D eigenvalue weighted by Crippen LogP contribution is -2.32. The topological polar surface area (TPSA) is 51.5 Å². The number of pyridine rings is 1. The van der Waals surface area contributed by atoms with Gasteiger partial charge in [-0.3, -0.25) is 9.59 Å². The van der Waals surface area contributed by atoms with E-state index in [9.17, 15) is 9.59 Å². The summed E-state index contributed by atoms with van der Waals surface area (Å²) in [4.78, 5) is 26.2. The second-order valence-electron chi connectivity index (χ2n) is 6.76. The summed E-state index contributed by atoms with van der Waals surface area (Å²) in [7, 11) is 1.74. The molecular weight excluding hydrogens is 316 g/mol. The van der Waals surface area contributed by atoms with E-state index in [0.717, 1.165) is 23.2 Å². The number of aryl methyl sites for hydroxylation is 2. The number of aromatic nitrogens is 1. The first kappa shape index (κ1) is 17.3.